The summed E-state index contributed by atoms with van der Waals surface area (Å²) in [6, 6.07) is 0. The summed E-state index contributed by atoms with van der Waals surface area (Å²) in [6.45, 7) is 5.63. The summed E-state index contributed by atoms with van der Waals surface area (Å²) >= 11 is 0. The van der Waals surface area contributed by atoms with Gasteiger partial charge in [0.2, 0.25) is 0 Å². The number of carbonyl (C=O) groups excluding carboxylic acids is 1. The fourth-order valence-electron chi connectivity index (χ4n) is 1.17. The third kappa shape index (κ3) is 3.86. The van der Waals surface area contributed by atoms with Crippen molar-refractivity contribution in [3.8, 4) is 0 Å². The van der Waals surface area contributed by atoms with Gasteiger partial charge in [-0.05, 0) is 6.42 Å². The van der Waals surface area contributed by atoms with E-state index in [9.17, 15) is 4.79 Å². The molecule has 0 bridgehead atoms. The molecule has 0 heterocycles. The lowest BCUT2D eigenvalue weighted by Gasteiger charge is -2.21. The monoisotopic (exact) mass is 172 g/mol. The van der Waals surface area contributed by atoms with Gasteiger partial charge in [-0.25, -0.2) is 0 Å². The molecule has 12 heavy (non-hydrogen) atoms. The number of unbranched alkanes of at least 4 members (excludes halogenated alkanes) is 2. The van der Waals surface area contributed by atoms with E-state index >= 15 is 0 Å². The van der Waals surface area contributed by atoms with Crippen LogP contribution in [0.1, 0.15) is 46.5 Å². The highest BCUT2D eigenvalue weighted by Crippen LogP contribution is 2.24. The van der Waals surface area contributed by atoms with E-state index in [1.807, 2.05) is 13.8 Å². The van der Waals surface area contributed by atoms with Crippen molar-refractivity contribution >= 4 is 5.78 Å². The minimum Gasteiger partial charge on any atom is -0.389 e. The Bertz CT molecular complexity index is 139. The highest BCUT2D eigenvalue weighted by atomic mass is 16.3. The molecule has 0 atom stereocenters. The molecule has 0 radical (unpaired) electrons. The Labute approximate surface area is 75.0 Å². The molecule has 1 N–H and O–H groups in total. The molecule has 2 heteroatoms. The molecule has 0 rings (SSSR count). The van der Waals surface area contributed by atoms with Gasteiger partial charge in [-0.3, -0.25) is 4.79 Å². The molecule has 0 aliphatic carbocycles. The molecule has 0 aromatic carbocycles. The fraction of sp³-hybridized carbons (Fsp3) is 0.900. The largest absolute Gasteiger partial charge is 0.389 e. The number of ketones is 1. The van der Waals surface area contributed by atoms with Crippen molar-refractivity contribution in [2.24, 2.45) is 5.41 Å². The number of carbonyl (C=O) groups is 1. The van der Waals surface area contributed by atoms with Crippen LogP contribution in [-0.4, -0.2) is 17.5 Å². The van der Waals surface area contributed by atoms with Crippen LogP contribution < -0.4 is 0 Å². The number of Topliss-reactive ketones (excluding diaryl/α,β-unsaturated/α-hetero) is 1. The topological polar surface area (TPSA) is 37.3 Å². The maximum Gasteiger partial charge on any atom is 0.163 e. The molecular formula is C10H20O2. The van der Waals surface area contributed by atoms with E-state index in [0.717, 1.165) is 12.8 Å². The van der Waals surface area contributed by atoms with E-state index in [1.54, 1.807) is 0 Å². The minimum atomic E-state index is -0.329. The second-order valence-corrected chi connectivity index (χ2v) is 3.92. The van der Waals surface area contributed by atoms with Crippen LogP contribution in [0.4, 0.5) is 0 Å². The Morgan fingerprint density at radius 2 is 1.92 bits per heavy atom. The van der Waals surface area contributed by atoms with Crippen molar-refractivity contribution in [2.75, 3.05) is 6.61 Å². The highest BCUT2D eigenvalue weighted by Gasteiger charge is 2.25. The smallest absolute Gasteiger partial charge is 0.163 e. The average Bonchev–Trinajstić information content (AvgIpc) is 2.03. The molecule has 0 aromatic heterocycles. The first-order valence-electron chi connectivity index (χ1n) is 4.68. The van der Waals surface area contributed by atoms with Crippen molar-refractivity contribution in [3.63, 3.8) is 0 Å². The van der Waals surface area contributed by atoms with Crippen LogP contribution in [0.3, 0.4) is 0 Å². The zero-order chi connectivity index (χ0) is 9.61. The van der Waals surface area contributed by atoms with Crippen LogP contribution >= 0.6 is 0 Å². The Balaban J connectivity index is 3.78. The van der Waals surface area contributed by atoms with Crippen LogP contribution in [0.25, 0.3) is 0 Å². The van der Waals surface area contributed by atoms with Crippen molar-refractivity contribution in [1.82, 2.24) is 0 Å². The molecule has 0 fully saturated rings. The molecule has 72 valence electrons. The Kier molecular flexibility index (Phi) is 5.14. The summed E-state index contributed by atoms with van der Waals surface area (Å²) in [5.41, 5.74) is -0.329. The summed E-state index contributed by atoms with van der Waals surface area (Å²) in [4.78, 5) is 11.2. The summed E-state index contributed by atoms with van der Waals surface area (Å²) in [7, 11) is 0. The van der Waals surface area contributed by atoms with Crippen molar-refractivity contribution in [2.45, 2.75) is 46.5 Å². The van der Waals surface area contributed by atoms with Crippen LogP contribution in [0.5, 0.6) is 0 Å². The summed E-state index contributed by atoms with van der Waals surface area (Å²) < 4.78 is 0. The molecule has 0 unspecified atom stereocenters. The van der Waals surface area contributed by atoms with Gasteiger partial charge < -0.3 is 5.11 Å². The Morgan fingerprint density at radius 3 is 2.33 bits per heavy atom. The second kappa shape index (κ2) is 5.31. The molecule has 0 saturated carbocycles. The SMILES string of the molecule is CCCCCC(C)(C)C(=O)CO. The van der Waals surface area contributed by atoms with Gasteiger partial charge in [0.05, 0.1) is 0 Å². The van der Waals surface area contributed by atoms with Crippen molar-refractivity contribution in [3.05, 3.63) is 0 Å². The number of hydrogen-bond acceptors (Lipinski definition) is 2. The van der Waals surface area contributed by atoms with Gasteiger partial charge in [-0.2, -0.15) is 0 Å². The lowest BCUT2D eigenvalue weighted by molar-refractivity contribution is -0.130. The van der Waals surface area contributed by atoms with Crippen LogP contribution in [0, 0.1) is 5.41 Å². The average molecular weight is 172 g/mol. The normalized spacial score (nSPS) is 11.7. The van der Waals surface area contributed by atoms with Gasteiger partial charge in [0.25, 0.3) is 0 Å². The molecule has 0 aromatic rings. The van der Waals surface area contributed by atoms with E-state index in [4.69, 9.17) is 5.11 Å². The summed E-state index contributed by atoms with van der Waals surface area (Å²) in [6.07, 6.45) is 4.31. The minimum absolute atomic E-state index is 0.0430. The number of hydrogen-bond donors (Lipinski definition) is 1. The lowest BCUT2D eigenvalue weighted by atomic mass is 9.83. The number of aliphatic hydroxyl groups is 1. The van der Waals surface area contributed by atoms with Gasteiger partial charge in [0.1, 0.15) is 6.61 Å². The van der Waals surface area contributed by atoms with E-state index in [2.05, 4.69) is 6.92 Å². The highest BCUT2D eigenvalue weighted by molar-refractivity contribution is 5.84. The third-order valence-electron chi connectivity index (χ3n) is 2.30. The van der Waals surface area contributed by atoms with Crippen molar-refractivity contribution in [1.29, 1.82) is 0 Å². The van der Waals surface area contributed by atoms with E-state index in [0.29, 0.717) is 0 Å². The maximum absolute atomic E-state index is 11.2. The standard InChI is InChI=1S/C10H20O2/c1-4-5-6-7-10(2,3)9(12)8-11/h11H,4-8H2,1-3H3. The second-order valence-electron chi connectivity index (χ2n) is 3.92. The first kappa shape index (κ1) is 11.6. The molecule has 2 nitrogen and oxygen atoms in total. The molecular weight excluding hydrogens is 152 g/mol. The van der Waals surface area contributed by atoms with Gasteiger partial charge in [-0.15, -0.1) is 0 Å². The predicted octanol–water partition coefficient (Wildman–Crippen LogP) is 2.15. The zero-order valence-electron chi connectivity index (χ0n) is 8.39. The Hall–Kier alpha value is -0.370. The quantitative estimate of drug-likeness (QED) is 0.623. The molecule has 0 aliphatic heterocycles. The molecule has 0 amide bonds. The number of aliphatic hydroxyl groups excluding tert-OH is 1. The first-order valence-corrected chi connectivity index (χ1v) is 4.68. The first-order chi connectivity index (χ1) is 5.54. The summed E-state index contributed by atoms with van der Waals surface area (Å²) in [5.74, 6) is -0.0430. The molecule has 0 saturated heterocycles. The zero-order valence-corrected chi connectivity index (χ0v) is 8.39. The van der Waals surface area contributed by atoms with Gasteiger partial charge in [0.15, 0.2) is 5.78 Å². The predicted molar refractivity (Wildman–Crippen MR) is 50.0 cm³/mol. The van der Waals surface area contributed by atoms with E-state index < -0.39 is 0 Å². The van der Waals surface area contributed by atoms with E-state index in [1.165, 1.54) is 12.8 Å². The molecule has 0 aliphatic rings. The van der Waals surface area contributed by atoms with Crippen LogP contribution in [0.2, 0.25) is 0 Å². The lowest BCUT2D eigenvalue weighted by Crippen LogP contribution is -2.26. The van der Waals surface area contributed by atoms with Gasteiger partial charge in [0, 0.05) is 5.41 Å². The van der Waals surface area contributed by atoms with Crippen LogP contribution in [0.15, 0.2) is 0 Å². The van der Waals surface area contributed by atoms with Gasteiger partial charge >= 0.3 is 0 Å². The molecule has 0 spiro atoms. The third-order valence-corrected chi connectivity index (χ3v) is 2.30. The van der Waals surface area contributed by atoms with Crippen LogP contribution in [-0.2, 0) is 4.79 Å². The summed E-state index contributed by atoms with van der Waals surface area (Å²) in [5, 5.41) is 8.68. The van der Waals surface area contributed by atoms with Gasteiger partial charge in [-0.1, -0.05) is 40.0 Å². The van der Waals surface area contributed by atoms with E-state index in [-0.39, 0.29) is 17.8 Å². The maximum atomic E-state index is 11.2. The van der Waals surface area contributed by atoms with Crippen molar-refractivity contribution < 1.29 is 9.90 Å². The number of rotatable bonds is 6. The fourth-order valence-corrected chi connectivity index (χ4v) is 1.17. The Morgan fingerprint density at radius 1 is 1.33 bits per heavy atom.